The van der Waals surface area contributed by atoms with Crippen LogP contribution in [0.1, 0.15) is 84.0 Å². The van der Waals surface area contributed by atoms with E-state index >= 15 is 0 Å². The molecule has 8 rings (SSSR count). The van der Waals surface area contributed by atoms with Crippen LogP contribution in [0.4, 0.5) is 0 Å². The topological polar surface area (TPSA) is 115 Å². The summed E-state index contributed by atoms with van der Waals surface area (Å²) in [6.45, 7) is 11.2. The molecule has 0 radical (unpaired) electrons. The Morgan fingerprint density at radius 2 is 1.52 bits per heavy atom. The summed E-state index contributed by atoms with van der Waals surface area (Å²) in [4.78, 5) is 28.3. The van der Waals surface area contributed by atoms with Gasteiger partial charge < -0.3 is 23.2 Å². The van der Waals surface area contributed by atoms with Gasteiger partial charge in [0.25, 0.3) is 8.32 Å². The van der Waals surface area contributed by atoms with Crippen LogP contribution in [0.3, 0.4) is 0 Å². The first-order valence-corrected chi connectivity index (χ1v) is 24.7. The van der Waals surface area contributed by atoms with Gasteiger partial charge in [-0.05, 0) is 70.6 Å². The van der Waals surface area contributed by atoms with Gasteiger partial charge in [-0.3, -0.25) is 19.1 Å². The van der Waals surface area contributed by atoms with Crippen molar-refractivity contribution in [3.63, 3.8) is 0 Å². The largest absolute Gasteiger partial charge is 0.497 e. The third-order valence-corrected chi connectivity index (χ3v) is 18.5. The molecular formula is C52H59ClN6O6Si. The molecule has 0 saturated heterocycles. The van der Waals surface area contributed by atoms with Crippen molar-refractivity contribution in [3.8, 4) is 16.9 Å². The average Bonchev–Trinajstić information content (AvgIpc) is 4.05. The molecule has 4 aromatic carbocycles. The van der Waals surface area contributed by atoms with E-state index in [2.05, 4.69) is 109 Å². The number of halogens is 1. The van der Waals surface area contributed by atoms with Gasteiger partial charge in [0.05, 0.1) is 67.3 Å². The van der Waals surface area contributed by atoms with Crippen molar-refractivity contribution >= 4 is 53.1 Å². The van der Waals surface area contributed by atoms with Crippen LogP contribution in [0, 0.1) is 6.92 Å². The average molecular weight is 928 g/mol. The fourth-order valence-electron chi connectivity index (χ4n) is 10.1. The second-order valence-corrected chi connectivity index (χ2v) is 22.8. The van der Waals surface area contributed by atoms with E-state index in [1.807, 2.05) is 54.5 Å². The Morgan fingerprint density at radius 3 is 2.12 bits per heavy atom. The molecule has 0 saturated carbocycles. The maximum Gasteiger partial charge on any atom is 0.354 e. The monoisotopic (exact) mass is 926 g/mol. The van der Waals surface area contributed by atoms with E-state index in [4.69, 9.17) is 40.4 Å². The van der Waals surface area contributed by atoms with Crippen molar-refractivity contribution in [2.75, 3.05) is 21.3 Å². The van der Waals surface area contributed by atoms with Gasteiger partial charge in [0, 0.05) is 56.7 Å². The molecule has 7 aromatic rings. The zero-order chi connectivity index (χ0) is 46.9. The minimum absolute atomic E-state index is 0.0902. The standard InChI is InChI=1S/C52H59ClN6O6Si/c1-34-46(47-43(53)26-24-41-42(25-27-45(60)63-8)49(51(61)64-9)56(5)48(41)47)50-44(28-29-59(50)54-34)58(31-35-20-22-38(62-7)23-21-35)32-36-30-37(57(6)55-36)33-65-66(52(2,3)4,39-16-12-10-13-17-39)40-18-14-11-15-19-40/h10-24,26,30,44H,25,27-29,31-33H2,1-9H3/t44-/m1/s1. The molecule has 1 atom stereocenters. The lowest BCUT2D eigenvalue weighted by Gasteiger charge is -2.43. The van der Waals surface area contributed by atoms with Gasteiger partial charge in [0.2, 0.25) is 0 Å². The van der Waals surface area contributed by atoms with Crippen molar-refractivity contribution in [2.45, 2.75) is 84.3 Å². The van der Waals surface area contributed by atoms with Crippen LogP contribution < -0.4 is 15.1 Å². The molecule has 4 heterocycles. The Kier molecular flexibility index (Phi) is 13.5. The fourth-order valence-corrected chi connectivity index (χ4v) is 14.9. The van der Waals surface area contributed by atoms with Crippen LogP contribution in [0.25, 0.3) is 22.0 Å². The SMILES string of the molecule is COC(=O)CCc1c(C(=O)OC)n(C)c2c(-c3c(C)nn4c3[C@H](N(Cc3ccc(OC)cc3)Cc3cc(CO[Si](c5ccccc5)(c5ccccc5)C(C)(C)C)n(C)n3)CC4)c(Cl)ccc12. The Labute approximate surface area is 393 Å². The van der Waals surface area contributed by atoms with E-state index in [-0.39, 0.29) is 29.9 Å². The number of ether oxygens (including phenoxy) is 3. The smallest absolute Gasteiger partial charge is 0.354 e. The lowest BCUT2D eigenvalue weighted by molar-refractivity contribution is -0.140. The van der Waals surface area contributed by atoms with Crippen molar-refractivity contribution in [1.29, 1.82) is 0 Å². The van der Waals surface area contributed by atoms with Gasteiger partial charge in [-0.1, -0.05) is 111 Å². The lowest BCUT2D eigenvalue weighted by Crippen LogP contribution is -2.66. The molecule has 0 amide bonds. The van der Waals surface area contributed by atoms with Gasteiger partial charge in [-0.2, -0.15) is 10.2 Å². The molecular weight excluding hydrogens is 868 g/mol. The molecule has 12 nitrogen and oxygen atoms in total. The highest BCUT2D eigenvalue weighted by Gasteiger charge is 2.50. The third-order valence-electron chi connectivity index (χ3n) is 13.2. The summed E-state index contributed by atoms with van der Waals surface area (Å²) in [5.41, 5.74) is 8.43. The van der Waals surface area contributed by atoms with Crippen molar-refractivity contribution in [3.05, 3.63) is 148 Å². The van der Waals surface area contributed by atoms with E-state index in [0.29, 0.717) is 42.5 Å². The lowest BCUT2D eigenvalue weighted by atomic mass is 9.95. The van der Waals surface area contributed by atoms with Crippen molar-refractivity contribution in [1.82, 2.24) is 29.0 Å². The van der Waals surface area contributed by atoms with Crippen LogP contribution >= 0.6 is 11.6 Å². The summed E-state index contributed by atoms with van der Waals surface area (Å²) >= 11 is 7.28. The summed E-state index contributed by atoms with van der Waals surface area (Å²) in [7, 11) is 5.43. The van der Waals surface area contributed by atoms with Gasteiger partial charge >= 0.3 is 11.9 Å². The molecule has 0 N–H and O–H groups in total. The summed E-state index contributed by atoms with van der Waals surface area (Å²) < 4.78 is 29.1. The van der Waals surface area contributed by atoms with Gasteiger partial charge in [0.1, 0.15) is 11.4 Å². The highest BCUT2D eigenvalue weighted by atomic mass is 35.5. The zero-order valence-corrected chi connectivity index (χ0v) is 41.1. The van der Waals surface area contributed by atoms with Gasteiger partial charge in [-0.15, -0.1) is 0 Å². The molecule has 14 heteroatoms. The quantitative estimate of drug-likeness (QED) is 0.0693. The van der Waals surface area contributed by atoms with Crippen molar-refractivity contribution in [2.24, 2.45) is 14.1 Å². The Morgan fingerprint density at radius 1 is 0.848 bits per heavy atom. The number of aromatic nitrogens is 5. The van der Waals surface area contributed by atoms with E-state index in [1.54, 1.807) is 7.11 Å². The van der Waals surface area contributed by atoms with E-state index in [1.165, 1.54) is 24.6 Å². The summed E-state index contributed by atoms with van der Waals surface area (Å²) in [5.74, 6) is -0.0725. The number of methoxy groups -OCH3 is 3. The Bertz CT molecular complexity index is 2830. The molecule has 0 aliphatic carbocycles. The van der Waals surface area contributed by atoms with E-state index in [9.17, 15) is 9.59 Å². The number of carbonyl (C=O) groups excluding carboxylic acids is 2. The number of rotatable bonds is 16. The minimum Gasteiger partial charge on any atom is -0.497 e. The second-order valence-electron chi connectivity index (χ2n) is 18.1. The number of aryl methyl sites for hydroxylation is 5. The molecule has 0 bridgehead atoms. The number of hydrogen-bond acceptors (Lipinski definition) is 9. The summed E-state index contributed by atoms with van der Waals surface area (Å²) in [5, 5.41) is 13.9. The maximum atomic E-state index is 13.5. The van der Waals surface area contributed by atoms with Crippen LogP contribution in [0.15, 0.2) is 103 Å². The molecule has 1 aliphatic heterocycles. The van der Waals surface area contributed by atoms with Crippen LogP contribution in [0.2, 0.25) is 10.1 Å². The predicted octanol–water partition coefficient (Wildman–Crippen LogP) is 8.86. The first-order valence-electron chi connectivity index (χ1n) is 22.4. The molecule has 66 heavy (non-hydrogen) atoms. The number of benzene rings is 4. The summed E-state index contributed by atoms with van der Waals surface area (Å²) in [6.07, 6.45) is 1.19. The second kappa shape index (κ2) is 19.1. The Hall–Kier alpha value is -5.99. The molecule has 0 unspecified atom stereocenters. The van der Waals surface area contributed by atoms with Crippen LogP contribution in [0.5, 0.6) is 5.75 Å². The first-order chi connectivity index (χ1) is 31.7. The predicted molar refractivity (Wildman–Crippen MR) is 261 cm³/mol. The van der Waals surface area contributed by atoms with Crippen LogP contribution in [-0.2, 0) is 65.5 Å². The fraction of sp³-hybridized carbons (Fsp3) is 0.346. The Balaban J connectivity index is 1.20. The minimum atomic E-state index is -2.81. The maximum absolute atomic E-state index is 13.5. The van der Waals surface area contributed by atoms with Crippen LogP contribution in [-0.4, -0.2) is 70.6 Å². The van der Waals surface area contributed by atoms with E-state index in [0.717, 1.165) is 62.5 Å². The third kappa shape index (κ3) is 8.61. The highest BCUT2D eigenvalue weighted by Crippen LogP contribution is 2.47. The first kappa shape index (κ1) is 46.5. The zero-order valence-electron chi connectivity index (χ0n) is 39.4. The molecule has 1 aliphatic rings. The number of fused-ring (bicyclic) bond motifs is 2. The van der Waals surface area contributed by atoms with Crippen molar-refractivity contribution < 1.29 is 28.2 Å². The van der Waals surface area contributed by atoms with Gasteiger partial charge in [-0.25, -0.2) is 4.79 Å². The molecule has 0 fully saturated rings. The van der Waals surface area contributed by atoms with Gasteiger partial charge in [0.15, 0.2) is 0 Å². The number of nitrogens with zero attached hydrogens (tertiary/aromatic N) is 6. The molecule has 0 spiro atoms. The van der Waals surface area contributed by atoms with E-state index < -0.39 is 14.3 Å². The normalized spacial score (nSPS) is 14.0. The number of carbonyl (C=O) groups is 2. The number of esters is 2. The highest BCUT2D eigenvalue weighted by molar-refractivity contribution is 6.99. The molecule has 3 aromatic heterocycles. The summed E-state index contributed by atoms with van der Waals surface area (Å²) in [6, 6.07) is 35.5. The molecule has 344 valence electrons. The number of hydrogen-bond donors (Lipinski definition) is 0.